The van der Waals surface area contributed by atoms with Gasteiger partial charge in [0.25, 0.3) is 6.71 Å². The maximum atomic E-state index is 2.70. The molecular formula is C60H38BN3. The highest BCUT2D eigenvalue weighted by Crippen LogP contribution is 2.53. The SMILES string of the molecule is C1=CC2=C3B4c5c(cc(-c6ccccc6)cc5-n5c6ccccc6c6cc(-n7c8ccccc8c8ccccc87)cc4c65)-n4c3c(c(-c3ccccc3)c4-c3ccccc3)CC2C=C1. The fourth-order valence-corrected chi connectivity index (χ4v) is 12.3. The minimum absolute atomic E-state index is 0.0236. The lowest BCUT2D eigenvalue weighted by Crippen LogP contribution is -2.54. The van der Waals surface area contributed by atoms with Crippen LogP contribution in [0.15, 0.2) is 218 Å². The van der Waals surface area contributed by atoms with E-state index in [4.69, 9.17) is 0 Å². The molecule has 0 N–H and O–H groups in total. The van der Waals surface area contributed by atoms with Crippen LogP contribution in [0, 0.1) is 5.92 Å². The lowest BCUT2D eigenvalue weighted by Gasteiger charge is -2.40. The Labute approximate surface area is 370 Å². The zero-order chi connectivity index (χ0) is 41.6. The van der Waals surface area contributed by atoms with Gasteiger partial charge >= 0.3 is 0 Å². The Balaban J connectivity index is 1.16. The molecule has 0 bridgehead atoms. The fourth-order valence-electron chi connectivity index (χ4n) is 12.3. The Bertz CT molecular complexity index is 3860. The van der Waals surface area contributed by atoms with Crippen molar-refractivity contribution in [3.63, 3.8) is 0 Å². The molecule has 2 aliphatic heterocycles. The van der Waals surface area contributed by atoms with Crippen LogP contribution in [0.5, 0.6) is 0 Å². The van der Waals surface area contributed by atoms with E-state index in [-0.39, 0.29) is 12.6 Å². The minimum Gasteiger partial charge on any atom is -0.310 e. The minimum atomic E-state index is -0.0236. The molecule has 8 aromatic carbocycles. The van der Waals surface area contributed by atoms with E-state index in [1.807, 2.05) is 0 Å². The molecule has 0 saturated carbocycles. The molecular weight excluding hydrogens is 773 g/mol. The first-order valence-corrected chi connectivity index (χ1v) is 22.6. The number of benzene rings is 8. The van der Waals surface area contributed by atoms with Crippen LogP contribution in [0.2, 0.25) is 0 Å². The fraction of sp³-hybridized carbons (Fsp3) is 0.0333. The molecule has 0 fully saturated rings. The van der Waals surface area contributed by atoms with E-state index in [1.54, 1.807) is 0 Å². The van der Waals surface area contributed by atoms with Crippen molar-refractivity contribution in [2.24, 2.45) is 5.92 Å². The van der Waals surface area contributed by atoms with Crippen LogP contribution in [0.4, 0.5) is 0 Å². The molecule has 2 aliphatic carbocycles. The first-order valence-electron chi connectivity index (χ1n) is 22.6. The molecule has 64 heavy (non-hydrogen) atoms. The van der Waals surface area contributed by atoms with Gasteiger partial charge in [-0.15, -0.1) is 0 Å². The smallest absolute Gasteiger partial charge is 0.252 e. The van der Waals surface area contributed by atoms with Gasteiger partial charge in [0.1, 0.15) is 0 Å². The summed E-state index contributed by atoms with van der Waals surface area (Å²) in [6, 6.07) is 70.3. The number of allylic oxidation sites excluding steroid dienone is 5. The summed E-state index contributed by atoms with van der Waals surface area (Å²) in [5.41, 5.74) is 24.6. The van der Waals surface area contributed by atoms with Crippen LogP contribution < -0.4 is 10.9 Å². The predicted octanol–water partition coefficient (Wildman–Crippen LogP) is 13.2. The van der Waals surface area contributed by atoms with E-state index < -0.39 is 0 Å². The second kappa shape index (κ2) is 12.7. The summed E-state index contributed by atoms with van der Waals surface area (Å²) in [7, 11) is 0. The highest BCUT2D eigenvalue weighted by Gasteiger charge is 2.48. The molecule has 0 spiro atoms. The van der Waals surface area contributed by atoms with Gasteiger partial charge in [-0.25, -0.2) is 0 Å². The Hall–Kier alpha value is -8.08. The van der Waals surface area contributed by atoms with Crippen molar-refractivity contribution in [2.45, 2.75) is 6.42 Å². The maximum absolute atomic E-state index is 2.70. The molecule has 0 amide bonds. The highest BCUT2D eigenvalue weighted by atomic mass is 15.1. The summed E-state index contributed by atoms with van der Waals surface area (Å²) in [5.74, 6) is 0.256. The van der Waals surface area contributed by atoms with E-state index in [9.17, 15) is 0 Å². The van der Waals surface area contributed by atoms with E-state index in [1.165, 1.54) is 127 Å². The summed E-state index contributed by atoms with van der Waals surface area (Å²) in [6.07, 6.45) is 10.4. The normalized spacial score (nSPS) is 15.4. The second-order valence-electron chi connectivity index (χ2n) is 17.9. The van der Waals surface area contributed by atoms with E-state index in [0.717, 1.165) is 6.42 Å². The molecule has 11 aromatic rings. The topological polar surface area (TPSA) is 14.8 Å². The number of hydrogen-bond acceptors (Lipinski definition) is 0. The largest absolute Gasteiger partial charge is 0.310 e. The molecule has 4 aliphatic rings. The summed E-state index contributed by atoms with van der Waals surface area (Å²) < 4.78 is 7.84. The third-order valence-corrected chi connectivity index (χ3v) is 14.7. The van der Waals surface area contributed by atoms with Crippen molar-refractivity contribution in [1.82, 2.24) is 13.7 Å². The summed E-state index contributed by atoms with van der Waals surface area (Å²) >= 11 is 0. The number of hydrogen-bond donors (Lipinski definition) is 0. The van der Waals surface area contributed by atoms with Gasteiger partial charge in [-0.3, -0.25) is 0 Å². The lowest BCUT2D eigenvalue weighted by molar-refractivity contribution is 0.752. The van der Waals surface area contributed by atoms with Gasteiger partial charge in [-0.2, -0.15) is 0 Å². The summed E-state index contributed by atoms with van der Waals surface area (Å²) in [5, 5.41) is 5.11. The van der Waals surface area contributed by atoms with Crippen LogP contribution in [-0.4, -0.2) is 20.4 Å². The van der Waals surface area contributed by atoms with Crippen molar-refractivity contribution >= 4 is 66.7 Å². The van der Waals surface area contributed by atoms with Crippen molar-refractivity contribution in [1.29, 1.82) is 0 Å². The first-order chi connectivity index (χ1) is 31.8. The molecule has 5 heterocycles. The zero-order valence-corrected chi connectivity index (χ0v) is 34.9. The molecule has 15 rings (SSSR count). The van der Waals surface area contributed by atoms with E-state index in [0.29, 0.717) is 0 Å². The molecule has 3 aromatic heterocycles. The molecule has 0 saturated heterocycles. The van der Waals surface area contributed by atoms with Crippen LogP contribution in [-0.2, 0) is 6.42 Å². The van der Waals surface area contributed by atoms with Gasteiger partial charge < -0.3 is 13.7 Å². The van der Waals surface area contributed by atoms with Crippen molar-refractivity contribution in [3.05, 3.63) is 229 Å². The number of rotatable bonds is 4. The van der Waals surface area contributed by atoms with Crippen molar-refractivity contribution in [2.75, 3.05) is 0 Å². The standard InChI is InChI=1S/C60H38BN3/c1-4-18-37(19-5-1)41-33-53-57-54(34-41)64-58(39-22-8-3-9-23-39)55(38-20-6-2-7-21-38)48-32-40-24-10-11-25-43(40)56(60(48)64)61(57)49-36-42(35-47-46-28-14-17-31-52(46)63(53)59(47)49)62-50-29-15-12-26-44(50)45-27-13-16-30-51(45)62/h1-31,33-36,40H,32H2. The van der Waals surface area contributed by atoms with Crippen LogP contribution in [0.1, 0.15) is 11.3 Å². The molecule has 1 atom stereocenters. The Morgan fingerprint density at radius 2 is 1.02 bits per heavy atom. The van der Waals surface area contributed by atoms with Crippen LogP contribution in [0.3, 0.4) is 0 Å². The van der Waals surface area contributed by atoms with Gasteiger partial charge in [0.15, 0.2) is 0 Å². The van der Waals surface area contributed by atoms with Gasteiger partial charge in [-0.1, -0.05) is 170 Å². The van der Waals surface area contributed by atoms with Gasteiger partial charge in [0, 0.05) is 61.3 Å². The number of nitrogens with zero attached hydrogens (tertiary/aromatic N) is 3. The third-order valence-electron chi connectivity index (χ3n) is 14.7. The zero-order valence-electron chi connectivity index (χ0n) is 34.9. The molecule has 3 nitrogen and oxygen atoms in total. The Morgan fingerprint density at radius 3 is 1.69 bits per heavy atom. The van der Waals surface area contributed by atoms with Gasteiger partial charge in [-0.05, 0) is 98.7 Å². The van der Waals surface area contributed by atoms with Gasteiger partial charge in [0.2, 0.25) is 0 Å². The lowest BCUT2D eigenvalue weighted by atomic mass is 9.31. The quantitative estimate of drug-likeness (QED) is 0.157. The van der Waals surface area contributed by atoms with Crippen molar-refractivity contribution in [3.8, 4) is 50.6 Å². The average molecular weight is 812 g/mol. The highest BCUT2D eigenvalue weighted by molar-refractivity contribution is 7.03. The molecule has 4 heteroatoms. The molecule has 296 valence electrons. The van der Waals surface area contributed by atoms with E-state index >= 15 is 0 Å². The Kier molecular flexibility index (Phi) is 6.87. The second-order valence-corrected chi connectivity index (χ2v) is 17.9. The van der Waals surface area contributed by atoms with Gasteiger partial charge in [0.05, 0.1) is 22.2 Å². The Morgan fingerprint density at radius 1 is 0.453 bits per heavy atom. The summed E-state index contributed by atoms with van der Waals surface area (Å²) in [6.45, 7) is -0.0236. The molecule has 0 radical (unpaired) electrons. The number of aromatic nitrogens is 3. The average Bonchev–Trinajstić information content (AvgIpc) is 4.01. The summed E-state index contributed by atoms with van der Waals surface area (Å²) in [4.78, 5) is 0. The number of para-hydroxylation sites is 3. The maximum Gasteiger partial charge on any atom is 0.252 e. The monoisotopic (exact) mass is 811 g/mol. The predicted molar refractivity (Wildman–Crippen MR) is 268 cm³/mol. The molecule has 1 unspecified atom stereocenters. The van der Waals surface area contributed by atoms with Crippen LogP contribution >= 0.6 is 0 Å². The van der Waals surface area contributed by atoms with Crippen LogP contribution in [0.25, 0.3) is 99.7 Å². The van der Waals surface area contributed by atoms with E-state index in [2.05, 4.69) is 226 Å². The third kappa shape index (κ3) is 4.47. The number of fused-ring (bicyclic) bond motifs is 11. The first kappa shape index (κ1) is 34.5. The van der Waals surface area contributed by atoms with Crippen molar-refractivity contribution < 1.29 is 0 Å².